The van der Waals surface area contributed by atoms with Crippen molar-refractivity contribution >= 4 is 0 Å². The van der Waals surface area contributed by atoms with Crippen LogP contribution in [0.15, 0.2) is 54.6 Å². The van der Waals surface area contributed by atoms with Gasteiger partial charge in [-0.3, -0.25) is 0 Å². The lowest BCUT2D eigenvalue weighted by atomic mass is 10.1. The standard InChI is InChI=1S/C18H18O2/c1-15(16-8-3-2-4-9-16)20-14-18-11-6-5-10-17(18)12-7-13-19/h2-6,8-11,15,19H,13-14H2,1H3. The highest BCUT2D eigenvalue weighted by Gasteiger charge is 2.06. The van der Waals surface area contributed by atoms with Crippen LogP contribution in [0.3, 0.4) is 0 Å². The van der Waals surface area contributed by atoms with E-state index < -0.39 is 0 Å². The minimum Gasteiger partial charge on any atom is -0.384 e. The van der Waals surface area contributed by atoms with E-state index in [1.165, 1.54) is 0 Å². The topological polar surface area (TPSA) is 29.5 Å². The summed E-state index contributed by atoms with van der Waals surface area (Å²) in [6, 6.07) is 18.0. The Morgan fingerprint density at radius 2 is 1.75 bits per heavy atom. The van der Waals surface area contributed by atoms with E-state index >= 15 is 0 Å². The smallest absolute Gasteiger partial charge is 0.104 e. The van der Waals surface area contributed by atoms with E-state index in [0.29, 0.717) is 6.61 Å². The number of hydrogen-bond donors (Lipinski definition) is 1. The van der Waals surface area contributed by atoms with Gasteiger partial charge < -0.3 is 9.84 Å². The molecule has 0 spiro atoms. The van der Waals surface area contributed by atoms with Crippen LogP contribution in [0.4, 0.5) is 0 Å². The summed E-state index contributed by atoms with van der Waals surface area (Å²) in [5.74, 6) is 5.62. The highest BCUT2D eigenvalue weighted by Crippen LogP contribution is 2.19. The zero-order valence-corrected chi connectivity index (χ0v) is 11.5. The Kier molecular flexibility index (Phi) is 5.37. The fourth-order valence-electron chi connectivity index (χ4n) is 1.94. The molecular formula is C18H18O2. The van der Waals surface area contributed by atoms with Gasteiger partial charge in [-0.15, -0.1) is 0 Å². The molecule has 0 saturated carbocycles. The molecule has 2 rings (SSSR count). The Morgan fingerprint density at radius 3 is 2.50 bits per heavy atom. The first-order valence-electron chi connectivity index (χ1n) is 6.65. The minimum absolute atomic E-state index is 0.0371. The van der Waals surface area contributed by atoms with E-state index in [4.69, 9.17) is 9.84 Å². The van der Waals surface area contributed by atoms with Crippen molar-refractivity contribution in [2.24, 2.45) is 0 Å². The zero-order valence-electron chi connectivity index (χ0n) is 11.5. The first-order chi connectivity index (χ1) is 9.81. The molecule has 2 aromatic rings. The van der Waals surface area contributed by atoms with Crippen molar-refractivity contribution in [2.75, 3.05) is 6.61 Å². The zero-order chi connectivity index (χ0) is 14.2. The van der Waals surface area contributed by atoms with E-state index in [1.807, 2.05) is 49.4 Å². The number of rotatable bonds is 4. The van der Waals surface area contributed by atoms with Crippen LogP contribution in [0.1, 0.15) is 29.7 Å². The maximum Gasteiger partial charge on any atom is 0.104 e. The Bertz CT molecular complexity index is 594. The van der Waals surface area contributed by atoms with E-state index in [1.54, 1.807) is 0 Å². The van der Waals surface area contributed by atoms with E-state index in [9.17, 15) is 0 Å². The summed E-state index contributed by atoms with van der Waals surface area (Å²) >= 11 is 0. The summed E-state index contributed by atoms with van der Waals surface area (Å²) in [4.78, 5) is 0. The van der Waals surface area contributed by atoms with Crippen molar-refractivity contribution < 1.29 is 9.84 Å². The van der Waals surface area contributed by atoms with Gasteiger partial charge in [0.05, 0.1) is 12.7 Å². The third-order valence-electron chi connectivity index (χ3n) is 3.08. The lowest BCUT2D eigenvalue weighted by Gasteiger charge is -2.14. The second kappa shape index (κ2) is 7.49. The van der Waals surface area contributed by atoms with Crippen LogP contribution in [0.25, 0.3) is 0 Å². The predicted molar refractivity (Wildman–Crippen MR) is 80.1 cm³/mol. The van der Waals surface area contributed by atoms with Crippen molar-refractivity contribution in [3.05, 3.63) is 71.3 Å². The fourth-order valence-corrected chi connectivity index (χ4v) is 1.94. The lowest BCUT2D eigenvalue weighted by molar-refractivity contribution is 0.0524. The Hall–Kier alpha value is -2.08. The molecule has 1 unspecified atom stereocenters. The first kappa shape index (κ1) is 14.3. The molecule has 0 aromatic heterocycles. The average molecular weight is 266 g/mol. The Labute approximate surface area is 120 Å². The maximum absolute atomic E-state index is 8.78. The second-order valence-electron chi connectivity index (χ2n) is 4.48. The maximum atomic E-state index is 8.78. The molecule has 0 radical (unpaired) electrons. The first-order valence-corrected chi connectivity index (χ1v) is 6.65. The molecule has 0 heterocycles. The highest BCUT2D eigenvalue weighted by atomic mass is 16.5. The van der Waals surface area contributed by atoms with Gasteiger partial charge in [-0.1, -0.05) is 60.4 Å². The van der Waals surface area contributed by atoms with Crippen LogP contribution in [0.2, 0.25) is 0 Å². The van der Waals surface area contributed by atoms with Crippen LogP contribution >= 0.6 is 0 Å². The van der Waals surface area contributed by atoms with Crippen LogP contribution < -0.4 is 0 Å². The fraction of sp³-hybridized carbons (Fsp3) is 0.222. The van der Waals surface area contributed by atoms with Crippen LogP contribution in [0.5, 0.6) is 0 Å². The largest absolute Gasteiger partial charge is 0.384 e. The molecule has 0 fully saturated rings. The van der Waals surface area contributed by atoms with Gasteiger partial charge in [0.15, 0.2) is 0 Å². The molecule has 0 bridgehead atoms. The molecule has 0 aliphatic carbocycles. The molecule has 2 nitrogen and oxygen atoms in total. The summed E-state index contributed by atoms with van der Waals surface area (Å²) in [5.41, 5.74) is 3.10. The monoisotopic (exact) mass is 266 g/mol. The van der Waals surface area contributed by atoms with Crippen LogP contribution in [0, 0.1) is 11.8 Å². The highest BCUT2D eigenvalue weighted by molar-refractivity contribution is 5.41. The molecule has 2 aromatic carbocycles. The number of hydrogen-bond acceptors (Lipinski definition) is 2. The summed E-state index contributed by atoms with van der Waals surface area (Å²) in [6.07, 6.45) is 0.0371. The number of aliphatic hydroxyl groups is 1. The molecule has 0 saturated heterocycles. The summed E-state index contributed by atoms with van der Waals surface area (Å²) in [7, 11) is 0. The van der Waals surface area contributed by atoms with Gasteiger partial charge >= 0.3 is 0 Å². The summed E-state index contributed by atoms with van der Waals surface area (Å²) in [6.45, 7) is 2.42. The number of aliphatic hydroxyl groups excluding tert-OH is 1. The van der Waals surface area contributed by atoms with Gasteiger partial charge in [0, 0.05) is 5.56 Å². The SMILES string of the molecule is CC(OCc1ccccc1C#CCO)c1ccccc1. The van der Waals surface area contributed by atoms with E-state index in [-0.39, 0.29) is 12.7 Å². The van der Waals surface area contributed by atoms with Crippen molar-refractivity contribution in [3.8, 4) is 11.8 Å². The predicted octanol–water partition coefficient (Wildman–Crippen LogP) is 3.31. The quantitative estimate of drug-likeness (QED) is 0.860. The van der Waals surface area contributed by atoms with Crippen LogP contribution in [-0.4, -0.2) is 11.7 Å². The van der Waals surface area contributed by atoms with Crippen molar-refractivity contribution in [1.29, 1.82) is 0 Å². The number of benzene rings is 2. The Morgan fingerprint density at radius 1 is 1.05 bits per heavy atom. The lowest BCUT2D eigenvalue weighted by Crippen LogP contribution is -2.01. The second-order valence-corrected chi connectivity index (χ2v) is 4.48. The Balaban J connectivity index is 2.04. The molecular weight excluding hydrogens is 248 g/mol. The van der Waals surface area contributed by atoms with Crippen molar-refractivity contribution in [2.45, 2.75) is 19.6 Å². The molecule has 1 atom stereocenters. The van der Waals surface area contributed by atoms with Crippen molar-refractivity contribution in [1.82, 2.24) is 0 Å². The minimum atomic E-state index is -0.129. The molecule has 0 aliphatic rings. The molecule has 20 heavy (non-hydrogen) atoms. The molecule has 0 aliphatic heterocycles. The summed E-state index contributed by atoms with van der Waals surface area (Å²) < 4.78 is 5.90. The molecule has 1 N–H and O–H groups in total. The number of ether oxygens (including phenoxy) is 1. The van der Waals surface area contributed by atoms with Gasteiger partial charge in [0.25, 0.3) is 0 Å². The average Bonchev–Trinajstić information content (AvgIpc) is 2.52. The summed E-state index contributed by atoms with van der Waals surface area (Å²) in [5, 5.41) is 8.78. The van der Waals surface area contributed by atoms with E-state index in [2.05, 4.69) is 24.0 Å². The van der Waals surface area contributed by atoms with Gasteiger partial charge in [0.1, 0.15) is 6.61 Å². The molecule has 2 heteroatoms. The van der Waals surface area contributed by atoms with Gasteiger partial charge in [-0.25, -0.2) is 0 Å². The normalized spacial score (nSPS) is 11.5. The van der Waals surface area contributed by atoms with Gasteiger partial charge in [0.2, 0.25) is 0 Å². The molecule has 102 valence electrons. The van der Waals surface area contributed by atoms with Gasteiger partial charge in [-0.2, -0.15) is 0 Å². The van der Waals surface area contributed by atoms with E-state index in [0.717, 1.165) is 16.7 Å². The van der Waals surface area contributed by atoms with Crippen molar-refractivity contribution in [3.63, 3.8) is 0 Å². The third kappa shape index (κ3) is 3.96. The molecule has 0 amide bonds. The third-order valence-corrected chi connectivity index (χ3v) is 3.08. The van der Waals surface area contributed by atoms with Gasteiger partial charge in [-0.05, 0) is 24.1 Å². The van der Waals surface area contributed by atoms with Crippen LogP contribution in [-0.2, 0) is 11.3 Å².